The molecule has 3 heteroatoms. The van der Waals surface area contributed by atoms with Crippen LogP contribution >= 0.6 is 11.9 Å². The number of hydrogen-bond acceptors (Lipinski definition) is 3. The van der Waals surface area contributed by atoms with Gasteiger partial charge in [-0.1, -0.05) is 25.8 Å². The second-order valence-corrected chi connectivity index (χ2v) is 3.49. The Balaban J connectivity index is 2.93. The summed E-state index contributed by atoms with van der Waals surface area (Å²) in [6, 6.07) is 0. The monoisotopic (exact) mass is 134 g/mol. The Hall–Kier alpha value is 0.270. The fraction of sp³-hybridized carbons (Fsp3) is 1.00. The summed E-state index contributed by atoms with van der Waals surface area (Å²) in [7, 11) is 0. The van der Waals surface area contributed by atoms with Gasteiger partial charge in [-0.15, -0.1) is 0 Å². The molecule has 0 amide bonds. The highest BCUT2D eigenvalue weighted by atomic mass is 32.2. The lowest BCUT2D eigenvalue weighted by molar-refractivity contribution is 0.729. The molecule has 0 fully saturated rings. The van der Waals surface area contributed by atoms with E-state index in [-0.39, 0.29) is 6.17 Å². The Labute approximate surface area is 55.3 Å². The van der Waals surface area contributed by atoms with Gasteiger partial charge >= 0.3 is 0 Å². The first-order valence-corrected chi connectivity index (χ1v) is 3.67. The van der Waals surface area contributed by atoms with E-state index in [2.05, 4.69) is 18.6 Å². The van der Waals surface area contributed by atoms with Crippen LogP contribution in [0.15, 0.2) is 0 Å². The predicted octanol–water partition coefficient (Wildman–Crippen LogP) is 0.937. The Morgan fingerprint density at radius 3 is 2.00 bits per heavy atom. The van der Waals surface area contributed by atoms with Gasteiger partial charge in [-0.25, -0.2) is 4.72 Å². The molecule has 0 heterocycles. The zero-order valence-electron chi connectivity index (χ0n) is 5.64. The van der Waals surface area contributed by atoms with E-state index in [1.165, 1.54) is 0 Å². The van der Waals surface area contributed by atoms with Crippen LogP contribution in [0.3, 0.4) is 0 Å². The molecular formula is C5H14N2S. The van der Waals surface area contributed by atoms with Crippen molar-refractivity contribution in [1.29, 1.82) is 0 Å². The zero-order valence-corrected chi connectivity index (χ0v) is 6.46. The number of nitrogens with two attached hydrogens (primary N) is 1. The lowest BCUT2D eigenvalue weighted by atomic mass is 10.6. The molecule has 50 valence electrons. The molecule has 0 rings (SSSR count). The third kappa shape index (κ3) is 6.27. The van der Waals surface area contributed by atoms with Crippen LogP contribution in [-0.4, -0.2) is 11.4 Å². The van der Waals surface area contributed by atoms with Crippen molar-refractivity contribution in [3.63, 3.8) is 0 Å². The van der Waals surface area contributed by atoms with Crippen LogP contribution in [0.2, 0.25) is 0 Å². The van der Waals surface area contributed by atoms with Gasteiger partial charge in [0.1, 0.15) is 0 Å². The largest absolute Gasteiger partial charge is 0.315 e. The molecule has 0 aromatic rings. The topological polar surface area (TPSA) is 38.0 Å². The van der Waals surface area contributed by atoms with Crippen molar-refractivity contribution in [2.24, 2.45) is 5.73 Å². The molecule has 0 unspecified atom stereocenters. The average Bonchev–Trinajstić information content (AvgIpc) is 1.61. The summed E-state index contributed by atoms with van der Waals surface area (Å²) in [4.78, 5) is 0. The predicted molar refractivity (Wildman–Crippen MR) is 39.5 cm³/mol. The number of rotatable bonds is 3. The second-order valence-electron chi connectivity index (χ2n) is 2.07. The summed E-state index contributed by atoms with van der Waals surface area (Å²) in [5.74, 6) is 0. The second kappa shape index (κ2) is 4.18. The summed E-state index contributed by atoms with van der Waals surface area (Å²) < 4.78 is 3.04. The molecule has 0 aliphatic carbocycles. The molecule has 0 aromatic carbocycles. The highest BCUT2D eigenvalue weighted by molar-refractivity contribution is 7.98. The molecule has 0 saturated heterocycles. The van der Waals surface area contributed by atoms with E-state index in [0.717, 1.165) is 0 Å². The molecule has 1 atom stereocenters. The average molecular weight is 134 g/mol. The normalized spacial score (nSPS) is 14.6. The smallest absolute Gasteiger partial charge is 0.0613 e. The van der Waals surface area contributed by atoms with Crippen LogP contribution in [0.1, 0.15) is 20.8 Å². The Morgan fingerprint density at radius 1 is 1.38 bits per heavy atom. The summed E-state index contributed by atoms with van der Waals surface area (Å²) in [5, 5.41) is 0.612. The quantitative estimate of drug-likeness (QED) is 0.445. The summed E-state index contributed by atoms with van der Waals surface area (Å²) in [6.07, 6.45) is 0.0994. The minimum absolute atomic E-state index is 0.0994. The Morgan fingerprint density at radius 2 is 1.88 bits per heavy atom. The highest BCUT2D eigenvalue weighted by Gasteiger charge is 1.94. The molecule has 0 radical (unpaired) electrons. The number of nitrogens with one attached hydrogen (secondary N) is 1. The van der Waals surface area contributed by atoms with Crippen molar-refractivity contribution in [2.45, 2.75) is 32.2 Å². The van der Waals surface area contributed by atoms with Crippen molar-refractivity contribution >= 4 is 11.9 Å². The van der Waals surface area contributed by atoms with Crippen molar-refractivity contribution in [1.82, 2.24) is 4.72 Å². The van der Waals surface area contributed by atoms with Crippen LogP contribution in [0.5, 0.6) is 0 Å². The molecule has 0 bridgehead atoms. The van der Waals surface area contributed by atoms with Crippen LogP contribution in [-0.2, 0) is 0 Å². The molecule has 0 aromatic heterocycles. The van der Waals surface area contributed by atoms with Crippen LogP contribution in [0.25, 0.3) is 0 Å². The van der Waals surface area contributed by atoms with Crippen LogP contribution in [0, 0.1) is 0 Å². The fourth-order valence-corrected chi connectivity index (χ4v) is 0.730. The maximum absolute atomic E-state index is 5.41. The fourth-order valence-electron chi connectivity index (χ4n) is 0.243. The number of hydrogen-bond donors (Lipinski definition) is 2. The van der Waals surface area contributed by atoms with E-state index in [0.29, 0.717) is 5.25 Å². The van der Waals surface area contributed by atoms with Gasteiger partial charge in [0.15, 0.2) is 0 Å². The van der Waals surface area contributed by atoms with Gasteiger partial charge in [-0.3, -0.25) is 0 Å². The van der Waals surface area contributed by atoms with Gasteiger partial charge in [-0.2, -0.15) is 0 Å². The zero-order chi connectivity index (χ0) is 6.57. The standard InChI is InChI=1S/C5H14N2S/c1-4(2)8-7-5(3)6/h4-5,7H,6H2,1-3H3/t5-/m1/s1. The maximum atomic E-state index is 5.41. The van der Waals surface area contributed by atoms with E-state index >= 15 is 0 Å². The minimum Gasteiger partial charge on any atom is -0.315 e. The van der Waals surface area contributed by atoms with E-state index in [1.54, 1.807) is 11.9 Å². The van der Waals surface area contributed by atoms with Crippen LogP contribution < -0.4 is 10.5 Å². The van der Waals surface area contributed by atoms with Gasteiger partial charge < -0.3 is 5.73 Å². The van der Waals surface area contributed by atoms with E-state index < -0.39 is 0 Å². The third-order valence-corrected chi connectivity index (χ3v) is 1.47. The molecule has 8 heavy (non-hydrogen) atoms. The molecule has 2 nitrogen and oxygen atoms in total. The van der Waals surface area contributed by atoms with E-state index in [9.17, 15) is 0 Å². The van der Waals surface area contributed by atoms with Gasteiger partial charge in [0.05, 0.1) is 6.17 Å². The van der Waals surface area contributed by atoms with E-state index in [1.807, 2.05) is 6.92 Å². The summed E-state index contributed by atoms with van der Waals surface area (Å²) >= 11 is 1.66. The molecule has 0 aliphatic heterocycles. The Bertz CT molecular complexity index is 46.4. The van der Waals surface area contributed by atoms with Crippen molar-refractivity contribution in [3.05, 3.63) is 0 Å². The first-order valence-electron chi connectivity index (χ1n) is 2.79. The van der Waals surface area contributed by atoms with Gasteiger partial charge in [0, 0.05) is 5.25 Å². The molecular weight excluding hydrogens is 120 g/mol. The van der Waals surface area contributed by atoms with Gasteiger partial charge in [0.25, 0.3) is 0 Å². The van der Waals surface area contributed by atoms with Crippen molar-refractivity contribution in [3.8, 4) is 0 Å². The van der Waals surface area contributed by atoms with Crippen molar-refractivity contribution < 1.29 is 0 Å². The maximum Gasteiger partial charge on any atom is 0.0613 e. The van der Waals surface area contributed by atoms with Crippen molar-refractivity contribution in [2.75, 3.05) is 0 Å². The van der Waals surface area contributed by atoms with E-state index in [4.69, 9.17) is 5.73 Å². The highest BCUT2D eigenvalue weighted by Crippen LogP contribution is 2.02. The van der Waals surface area contributed by atoms with Gasteiger partial charge in [-0.05, 0) is 6.92 Å². The summed E-state index contributed by atoms with van der Waals surface area (Å²) in [6.45, 7) is 6.18. The molecule has 0 saturated carbocycles. The first kappa shape index (κ1) is 8.27. The molecule has 0 spiro atoms. The third-order valence-electron chi connectivity index (χ3n) is 0.490. The lowest BCUT2D eigenvalue weighted by Gasteiger charge is -2.08. The van der Waals surface area contributed by atoms with Gasteiger partial charge in [0.2, 0.25) is 0 Å². The van der Waals surface area contributed by atoms with Crippen LogP contribution in [0.4, 0.5) is 0 Å². The lowest BCUT2D eigenvalue weighted by Crippen LogP contribution is -2.29. The Kier molecular flexibility index (Phi) is 4.32. The first-order chi connectivity index (χ1) is 3.63. The molecule has 0 aliphatic rings. The molecule has 3 N–H and O–H groups in total. The minimum atomic E-state index is 0.0994. The summed E-state index contributed by atoms with van der Waals surface area (Å²) in [5.41, 5.74) is 5.41. The SMILES string of the molecule is CC(C)SN[C@H](C)N.